The largest absolute Gasteiger partial charge is 0.461 e. The van der Waals surface area contributed by atoms with Crippen LogP contribution < -0.4 is 0 Å². The lowest BCUT2D eigenvalue weighted by molar-refractivity contribution is -0.151. The van der Waals surface area contributed by atoms with Gasteiger partial charge in [0.2, 0.25) is 0 Å². The minimum atomic E-state index is -0.367. The van der Waals surface area contributed by atoms with Crippen LogP contribution in [0.1, 0.15) is 28.8 Å². The smallest absolute Gasteiger partial charge is 0.311 e. The highest BCUT2D eigenvalue weighted by Gasteiger charge is 2.30. The average molecular weight is 376 g/mol. The lowest BCUT2D eigenvalue weighted by Crippen LogP contribution is -2.42. The fourth-order valence-corrected chi connectivity index (χ4v) is 3.15. The zero-order chi connectivity index (χ0) is 18.5. The Morgan fingerprint density at radius 3 is 2.69 bits per heavy atom. The molecule has 3 rings (SSSR count). The fourth-order valence-electron chi connectivity index (χ4n) is 3.03. The molecule has 0 unspecified atom stereocenters. The van der Waals surface area contributed by atoms with Crippen molar-refractivity contribution in [2.75, 3.05) is 13.1 Å². The van der Waals surface area contributed by atoms with E-state index in [1.165, 1.54) is 12.1 Å². The highest BCUT2D eigenvalue weighted by atomic mass is 35.5. The van der Waals surface area contributed by atoms with E-state index in [1.54, 1.807) is 41.3 Å². The van der Waals surface area contributed by atoms with Crippen LogP contribution in [-0.4, -0.2) is 29.9 Å². The predicted molar refractivity (Wildman–Crippen MR) is 96.3 cm³/mol. The number of rotatable bonds is 4. The molecule has 0 radical (unpaired) electrons. The highest BCUT2D eigenvalue weighted by Crippen LogP contribution is 2.21. The molecule has 1 fully saturated rings. The molecule has 0 N–H and O–H groups in total. The van der Waals surface area contributed by atoms with E-state index < -0.39 is 0 Å². The Labute approximate surface area is 156 Å². The Morgan fingerprint density at radius 1 is 1.19 bits per heavy atom. The van der Waals surface area contributed by atoms with Gasteiger partial charge >= 0.3 is 5.97 Å². The molecule has 4 nitrogen and oxygen atoms in total. The summed E-state index contributed by atoms with van der Waals surface area (Å²) in [5, 5.41) is 0.569. The summed E-state index contributed by atoms with van der Waals surface area (Å²) in [6.45, 7) is 0.955. The van der Waals surface area contributed by atoms with Crippen LogP contribution in [-0.2, 0) is 16.1 Å². The molecule has 1 heterocycles. The lowest BCUT2D eigenvalue weighted by atomic mass is 9.97. The van der Waals surface area contributed by atoms with Crippen molar-refractivity contribution >= 4 is 23.5 Å². The Hall–Kier alpha value is -2.40. The number of esters is 1. The van der Waals surface area contributed by atoms with Gasteiger partial charge in [-0.05, 0) is 54.8 Å². The molecule has 0 saturated carbocycles. The second-order valence-corrected chi connectivity index (χ2v) is 6.77. The third-order valence-electron chi connectivity index (χ3n) is 4.40. The van der Waals surface area contributed by atoms with E-state index in [1.807, 2.05) is 0 Å². The topological polar surface area (TPSA) is 46.6 Å². The predicted octanol–water partition coefficient (Wildman–Crippen LogP) is 4.07. The number of piperidine rings is 1. The van der Waals surface area contributed by atoms with Crippen LogP contribution in [0.2, 0.25) is 5.02 Å². The van der Waals surface area contributed by atoms with Crippen LogP contribution in [0.4, 0.5) is 4.39 Å². The first-order valence-corrected chi connectivity index (χ1v) is 8.86. The summed E-state index contributed by atoms with van der Waals surface area (Å²) in [6, 6.07) is 12.6. The summed E-state index contributed by atoms with van der Waals surface area (Å²) in [6.07, 6.45) is 1.41. The normalized spacial score (nSPS) is 17.0. The molecule has 6 heteroatoms. The Bertz CT molecular complexity index is 794. The van der Waals surface area contributed by atoms with Crippen molar-refractivity contribution in [1.82, 2.24) is 4.90 Å². The molecule has 2 aromatic carbocycles. The van der Waals surface area contributed by atoms with Crippen LogP contribution in [0.5, 0.6) is 0 Å². The molecule has 0 aliphatic carbocycles. The zero-order valence-corrected chi connectivity index (χ0v) is 14.9. The number of benzene rings is 2. The van der Waals surface area contributed by atoms with Crippen molar-refractivity contribution in [1.29, 1.82) is 0 Å². The van der Waals surface area contributed by atoms with E-state index in [0.29, 0.717) is 35.7 Å². The van der Waals surface area contributed by atoms with Crippen LogP contribution in [0, 0.1) is 11.7 Å². The molecule has 26 heavy (non-hydrogen) atoms. The molecule has 0 aromatic heterocycles. The fraction of sp³-hybridized carbons (Fsp3) is 0.300. The Morgan fingerprint density at radius 2 is 1.96 bits per heavy atom. The zero-order valence-electron chi connectivity index (χ0n) is 14.2. The first-order chi connectivity index (χ1) is 12.5. The van der Waals surface area contributed by atoms with Gasteiger partial charge < -0.3 is 9.64 Å². The van der Waals surface area contributed by atoms with Gasteiger partial charge in [-0.3, -0.25) is 9.59 Å². The minimum absolute atomic E-state index is 0.0260. The first-order valence-electron chi connectivity index (χ1n) is 8.49. The van der Waals surface area contributed by atoms with Crippen molar-refractivity contribution in [3.63, 3.8) is 0 Å². The summed E-state index contributed by atoms with van der Waals surface area (Å²) in [5.41, 5.74) is 1.14. The Kier molecular flexibility index (Phi) is 5.89. The van der Waals surface area contributed by atoms with E-state index in [9.17, 15) is 14.0 Å². The summed E-state index contributed by atoms with van der Waals surface area (Å²) in [5.74, 6) is -1.21. The number of likely N-dealkylation sites (tertiary alicyclic amines) is 1. The third kappa shape index (κ3) is 4.61. The maximum absolute atomic E-state index is 13.2. The van der Waals surface area contributed by atoms with Gasteiger partial charge in [0, 0.05) is 23.7 Å². The molecular formula is C20H19ClFNO3. The third-order valence-corrected chi connectivity index (χ3v) is 4.66. The van der Waals surface area contributed by atoms with Crippen LogP contribution in [0.3, 0.4) is 0 Å². The summed E-state index contributed by atoms with van der Waals surface area (Å²) in [7, 11) is 0. The van der Waals surface area contributed by atoms with Crippen LogP contribution in [0.25, 0.3) is 0 Å². The lowest BCUT2D eigenvalue weighted by Gasteiger charge is -2.31. The second kappa shape index (κ2) is 8.32. The van der Waals surface area contributed by atoms with Gasteiger partial charge in [-0.15, -0.1) is 0 Å². The van der Waals surface area contributed by atoms with E-state index in [-0.39, 0.29) is 30.2 Å². The van der Waals surface area contributed by atoms with E-state index >= 15 is 0 Å². The molecule has 2 aromatic rings. The van der Waals surface area contributed by atoms with Gasteiger partial charge in [-0.1, -0.05) is 23.7 Å². The number of hydrogen-bond acceptors (Lipinski definition) is 3. The SMILES string of the molecule is O=C(OCc1cccc(F)c1)[C@@H]1CCCN(C(=O)c2ccc(Cl)cc2)C1. The molecule has 1 atom stereocenters. The molecule has 1 saturated heterocycles. The standard InChI is InChI=1S/C20H19ClFNO3/c21-17-8-6-15(7-9-17)19(24)23-10-2-4-16(12-23)20(25)26-13-14-3-1-5-18(22)11-14/h1,3,5-9,11,16H,2,4,10,12-13H2/t16-/m1/s1. The van der Waals surface area contributed by atoms with E-state index in [2.05, 4.69) is 0 Å². The van der Waals surface area contributed by atoms with Crippen molar-refractivity contribution < 1.29 is 18.7 Å². The van der Waals surface area contributed by atoms with Gasteiger partial charge in [-0.25, -0.2) is 4.39 Å². The molecular weight excluding hydrogens is 357 g/mol. The van der Waals surface area contributed by atoms with Gasteiger partial charge in [0.15, 0.2) is 0 Å². The Balaban J connectivity index is 1.58. The molecule has 1 aliphatic heterocycles. The maximum Gasteiger partial charge on any atom is 0.311 e. The number of ether oxygens (including phenoxy) is 1. The molecule has 0 spiro atoms. The number of nitrogens with zero attached hydrogens (tertiary/aromatic N) is 1. The first kappa shape index (κ1) is 18.4. The average Bonchev–Trinajstić information content (AvgIpc) is 2.66. The number of carbonyl (C=O) groups is 2. The molecule has 1 amide bonds. The van der Waals surface area contributed by atoms with Crippen LogP contribution in [0.15, 0.2) is 48.5 Å². The molecule has 1 aliphatic rings. The van der Waals surface area contributed by atoms with Crippen molar-refractivity contribution in [2.45, 2.75) is 19.4 Å². The van der Waals surface area contributed by atoms with E-state index in [0.717, 1.165) is 6.42 Å². The number of halogens is 2. The van der Waals surface area contributed by atoms with Crippen molar-refractivity contribution in [3.8, 4) is 0 Å². The molecule has 0 bridgehead atoms. The van der Waals surface area contributed by atoms with Gasteiger partial charge in [0.05, 0.1) is 5.92 Å². The molecule has 136 valence electrons. The highest BCUT2D eigenvalue weighted by molar-refractivity contribution is 6.30. The minimum Gasteiger partial charge on any atom is -0.461 e. The van der Waals surface area contributed by atoms with Gasteiger partial charge in [0.1, 0.15) is 12.4 Å². The number of amides is 1. The van der Waals surface area contributed by atoms with Crippen molar-refractivity contribution in [3.05, 3.63) is 70.5 Å². The summed E-state index contributed by atoms with van der Waals surface area (Å²) < 4.78 is 18.5. The quantitative estimate of drug-likeness (QED) is 0.756. The van der Waals surface area contributed by atoms with Crippen LogP contribution >= 0.6 is 11.6 Å². The summed E-state index contributed by atoms with van der Waals surface area (Å²) >= 11 is 5.85. The van der Waals surface area contributed by atoms with Gasteiger partial charge in [-0.2, -0.15) is 0 Å². The number of carbonyl (C=O) groups excluding carboxylic acids is 2. The maximum atomic E-state index is 13.2. The van der Waals surface area contributed by atoms with E-state index in [4.69, 9.17) is 16.3 Å². The van der Waals surface area contributed by atoms with Gasteiger partial charge in [0.25, 0.3) is 5.91 Å². The summed E-state index contributed by atoms with van der Waals surface area (Å²) in [4.78, 5) is 26.6. The number of hydrogen-bond donors (Lipinski definition) is 0. The second-order valence-electron chi connectivity index (χ2n) is 6.33. The monoisotopic (exact) mass is 375 g/mol. The van der Waals surface area contributed by atoms with Crippen molar-refractivity contribution in [2.24, 2.45) is 5.92 Å².